The van der Waals surface area contributed by atoms with Gasteiger partial charge in [0.05, 0.1) is 15.6 Å². The molecule has 2 amide bonds. The van der Waals surface area contributed by atoms with Crippen LogP contribution in [0.15, 0.2) is 54.0 Å². The average molecular weight is 497 g/mol. The SMILES string of the molecule is C=CCc1nc(C2CCNCC2)sc1C(=O)NCc1ccc(C2=CCC=C(C(=O)NO)S2)cc1. The molecular weight excluding hydrogens is 468 g/mol. The predicted molar refractivity (Wildman–Crippen MR) is 137 cm³/mol. The zero-order chi connectivity index (χ0) is 23.9. The minimum atomic E-state index is -0.503. The van der Waals surface area contributed by atoms with Crippen molar-refractivity contribution in [3.05, 3.63) is 80.7 Å². The summed E-state index contributed by atoms with van der Waals surface area (Å²) >= 11 is 2.83. The van der Waals surface area contributed by atoms with Crippen molar-refractivity contribution < 1.29 is 14.8 Å². The quantitative estimate of drug-likeness (QED) is 0.249. The van der Waals surface area contributed by atoms with E-state index in [-0.39, 0.29) is 5.91 Å². The van der Waals surface area contributed by atoms with Crippen LogP contribution in [0.2, 0.25) is 0 Å². The maximum Gasteiger partial charge on any atom is 0.281 e. The lowest BCUT2D eigenvalue weighted by molar-refractivity contribution is -0.124. The van der Waals surface area contributed by atoms with Gasteiger partial charge in [0, 0.05) is 23.8 Å². The number of rotatable bonds is 8. The number of piperidine rings is 1. The first-order valence-corrected chi connectivity index (χ1v) is 12.9. The molecule has 4 N–H and O–H groups in total. The molecule has 1 fully saturated rings. The van der Waals surface area contributed by atoms with E-state index in [2.05, 4.69) is 17.2 Å². The second-order valence-corrected chi connectivity index (χ2v) is 10.3. The molecule has 7 nitrogen and oxygen atoms in total. The third-order valence-corrected chi connectivity index (χ3v) is 8.24. The molecule has 2 aliphatic rings. The molecule has 1 saturated heterocycles. The highest BCUT2D eigenvalue weighted by Crippen LogP contribution is 2.37. The fourth-order valence-corrected chi connectivity index (χ4v) is 6.13. The van der Waals surface area contributed by atoms with Crippen LogP contribution < -0.4 is 16.1 Å². The van der Waals surface area contributed by atoms with Gasteiger partial charge in [-0.2, -0.15) is 0 Å². The summed E-state index contributed by atoms with van der Waals surface area (Å²) in [5.74, 6) is -0.194. The number of benzene rings is 1. The Labute approximate surface area is 207 Å². The van der Waals surface area contributed by atoms with Crippen molar-refractivity contribution in [2.24, 2.45) is 0 Å². The molecule has 4 rings (SSSR count). The zero-order valence-electron chi connectivity index (χ0n) is 18.8. The molecule has 0 unspecified atom stereocenters. The van der Waals surface area contributed by atoms with E-state index in [0.717, 1.165) is 52.7 Å². The van der Waals surface area contributed by atoms with Crippen LogP contribution in [0.25, 0.3) is 4.91 Å². The number of hydrogen-bond acceptors (Lipinski definition) is 7. The standard InChI is InChI=1S/C25H28N4O3S2/c1-2-4-19-22(34-25(28-19)18-11-13-26-14-12-18)24(31)27-15-16-7-9-17(10-8-16)20-5-3-6-21(33-20)23(30)29-32/h2,5-10,18,26,32H,1,3-4,11-15H2,(H,27,31)(H,29,30). The fraction of sp³-hybridized carbons (Fsp3) is 0.320. The van der Waals surface area contributed by atoms with Crippen molar-refractivity contribution in [3.63, 3.8) is 0 Å². The number of amides is 2. The molecule has 0 radical (unpaired) electrons. The number of thioether (sulfide) groups is 1. The van der Waals surface area contributed by atoms with Crippen LogP contribution >= 0.6 is 23.1 Å². The molecule has 3 heterocycles. The normalized spacial score (nSPS) is 16.4. The molecule has 178 valence electrons. The van der Waals surface area contributed by atoms with Crippen molar-refractivity contribution in [1.82, 2.24) is 21.1 Å². The fourth-order valence-electron chi connectivity index (χ4n) is 3.96. The Bertz CT molecular complexity index is 1120. The summed E-state index contributed by atoms with van der Waals surface area (Å²) in [6, 6.07) is 7.90. The van der Waals surface area contributed by atoms with Crippen LogP contribution in [-0.4, -0.2) is 35.1 Å². The van der Waals surface area contributed by atoms with Gasteiger partial charge in [-0.15, -0.1) is 17.9 Å². The van der Waals surface area contributed by atoms with Gasteiger partial charge in [-0.25, -0.2) is 10.5 Å². The van der Waals surface area contributed by atoms with Gasteiger partial charge in [-0.3, -0.25) is 14.8 Å². The highest BCUT2D eigenvalue weighted by Gasteiger charge is 2.24. The molecule has 1 aromatic carbocycles. The predicted octanol–water partition coefficient (Wildman–Crippen LogP) is 4.14. The molecule has 0 bridgehead atoms. The summed E-state index contributed by atoms with van der Waals surface area (Å²) in [5, 5.41) is 16.3. The van der Waals surface area contributed by atoms with E-state index in [1.165, 1.54) is 23.1 Å². The number of nitrogens with one attached hydrogen (secondary N) is 3. The molecule has 2 aliphatic heterocycles. The van der Waals surface area contributed by atoms with Gasteiger partial charge in [0.15, 0.2) is 0 Å². The molecule has 0 atom stereocenters. The second kappa shape index (κ2) is 11.6. The van der Waals surface area contributed by atoms with Crippen molar-refractivity contribution in [3.8, 4) is 0 Å². The Morgan fingerprint density at radius 1 is 1.18 bits per heavy atom. The van der Waals surface area contributed by atoms with E-state index >= 15 is 0 Å². The van der Waals surface area contributed by atoms with Gasteiger partial charge >= 0.3 is 0 Å². The Morgan fingerprint density at radius 2 is 1.94 bits per heavy atom. The number of hydrogen-bond donors (Lipinski definition) is 4. The smallest absolute Gasteiger partial charge is 0.281 e. The number of allylic oxidation sites excluding steroid dienone is 3. The lowest BCUT2D eigenvalue weighted by atomic mass is 9.99. The number of carbonyl (C=O) groups excluding carboxylic acids is 2. The summed E-state index contributed by atoms with van der Waals surface area (Å²) in [7, 11) is 0. The molecular formula is C25H28N4O3S2. The van der Waals surface area contributed by atoms with Crippen molar-refractivity contribution in [2.75, 3.05) is 13.1 Å². The zero-order valence-corrected chi connectivity index (χ0v) is 20.4. The Hall–Kier alpha value is -2.72. The van der Waals surface area contributed by atoms with Crippen LogP contribution in [0.1, 0.15) is 56.7 Å². The van der Waals surface area contributed by atoms with Gasteiger partial charge in [0.25, 0.3) is 11.8 Å². The summed E-state index contributed by atoms with van der Waals surface area (Å²) in [6.07, 6.45) is 8.91. The van der Waals surface area contributed by atoms with E-state index in [1.54, 1.807) is 17.6 Å². The van der Waals surface area contributed by atoms with Crippen LogP contribution in [0, 0.1) is 0 Å². The lowest BCUT2D eigenvalue weighted by Crippen LogP contribution is -2.26. The second-order valence-electron chi connectivity index (χ2n) is 8.14. The number of aromatic nitrogens is 1. The van der Waals surface area contributed by atoms with Crippen molar-refractivity contribution in [2.45, 2.75) is 38.1 Å². The van der Waals surface area contributed by atoms with Crippen LogP contribution in [0.5, 0.6) is 0 Å². The Kier molecular flexibility index (Phi) is 8.34. The molecule has 2 aromatic rings. The van der Waals surface area contributed by atoms with Crippen molar-refractivity contribution >= 4 is 39.8 Å². The van der Waals surface area contributed by atoms with E-state index in [9.17, 15) is 9.59 Å². The monoisotopic (exact) mass is 496 g/mol. The van der Waals surface area contributed by atoms with Crippen LogP contribution in [0.4, 0.5) is 0 Å². The maximum atomic E-state index is 13.0. The van der Waals surface area contributed by atoms with E-state index in [4.69, 9.17) is 10.2 Å². The molecule has 34 heavy (non-hydrogen) atoms. The minimum Gasteiger partial charge on any atom is -0.347 e. The largest absolute Gasteiger partial charge is 0.347 e. The highest BCUT2D eigenvalue weighted by molar-refractivity contribution is 8.12. The minimum absolute atomic E-state index is 0.103. The molecule has 1 aromatic heterocycles. The Morgan fingerprint density at radius 3 is 2.65 bits per heavy atom. The van der Waals surface area contributed by atoms with E-state index in [0.29, 0.717) is 35.1 Å². The molecule has 0 spiro atoms. The summed E-state index contributed by atoms with van der Waals surface area (Å²) in [5.41, 5.74) is 4.45. The molecule has 0 aliphatic carbocycles. The molecule has 9 heteroatoms. The van der Waals surface area contributed by atoms with Crippen molar-refractivity contribution in [1.29, 1.82) is 0 Å². The van der Waals surface area contributed by atoms with Gasteiger partial charge in [-0.1, -0.05) is 54.3 Å². The first kappa shape index (κ1) is 24.4. The van der Waals surface area contributed by atoms with Gasteiger partial charge in [-0.05, 0) is 43.5 Å². The number of thiazole rings is 1. The lowest BCUT2D eigenvalue weighted by Gasteiger charge is -2.20. The number of hydroxylamine groups is 1. The first-order valence-electron chi connectivity index (χ1n) is 11.3. The topological polar surface area (TPSA) is 103 Å². The average Bonchev–Trinajstić information content (AvgIpc) is 3.32. The van der Waals surface area contributed by atoms with Gasteiger partial charge in [0.2, 0.25) is 0 Å². The molecule has 0 saturated carbocycles. The maximum absolute atomic E-state index is 13.0. The summed E-state index contributed by atoms with van der Waals surface area (Å²) in [4.78, 5) is 31.6. The first-order chi connectivity index (χ1) is 16.6. The van der Waals surface area contributed by atoms with E-state index in [1.807, 2.05) is 30.3 Å². The van der Waals surface area contributed by atoms with Gasteiger partial charge < -0.3 is 10.6 Å². The summed E-state index contributed by atoms with van der Waals surface area (Å²) < 4.78 is 0. The number of carbonyl (C=O) groups is 2. The highest BCUT2D eigenvalue weighted by atomic mass is 32.2. The number of nitrogens with zero attached hydrogens (tertiary/aromatic N) is 1. The third-order valence-electron chi connectivity index (χ3n) is 5.79. The van der Waals surface area contributed by atoms with Crippen LogP contribution in [-0.2, 0) is 17.8 Å². The van der Waals surface area contributed by atoms with Crippen LogP contribution in [0.3, 0.4) is 0 Å². The Balaban J connectivity index is 1.38. The third kappa shape index (κ3) is 5.85. The van der Waals surface area contributed by atoms with E-state index < -0.39 is 5.91 Å². The summed E-state index contributed by atoms with van der Waals surface area (Å²) in [6.45, 7) is 6.20. The van der Waals surface area contributed by atoms with Gasteiger partial charge in [0.1, 0.15) is 4.88 Å².